The number of ketones is 1. The van der Waals surface area contributed by atoms with Crippen molar-refractivity contribution < 1.29 is 111 Å². The van der Waals surface area contributed by atoms with Crippen molar-refractivity contribution in [2.45, 2.75) is 164 Å². The molecule has 13 aliphatic rings. The summed E-state index contributed by atoms with van der Waals surface area (Å²) in [6.07, 6.45) is 1.67. The Bertz CT molecular complexity index is 7950. The molecule has 8 aliphatic carbocycles. The van der Waals surface area contributed by atoms with Gasteiger partial charge in [-0.1, -0.05) is 97.1 Å². The third-order valence-electron chi connectivity index (χ3n) is 32.7. The molecule has 5 aliphatic heterocycles. The fourth-order valence-corrected chi connectivity index (χ4v) is 40.6. The molecule has 16 aromatic rings. The number of hydrogen-bond acceptors (Lipinski definition) is 24. The Morgan fingerprint density at radius 3 is 1.15 bits per heavy atom. The first-order valence-corrected chi connectivity index (χ1v) is 58.7. The van der Waals surface area contributed by atoms with Crippen LogP contribution >= 0.6 is 41.9 Å². The van der Waals surface area contributed by atoms with E-state index < -0.39 is 127 Å². The number of esters is 6. The van der Waals surface area contributed by atoms with Gasteiger partial charge < -0.3 is 52.1 Å². The van der Waals surface area contributed by atoms with E-state index in [2.05, 4.69) is 244 Å². The standard InChI is InChI=1S/C32H31O4S.C30H25O7S.C29H27O6S2.C28H25O7S2/c1-19-11-24(37-27-9-5-3-7-25(27)26-8-4-6-10-28(26)37)12-20(2)31(19)35-18-29(33)36-32-15-21-13-22(16-32)30(34)23(14-21)17-32;1-34-29(32)25-20-14-21-26(25)30(33)37-28(21)27(20)36-24(31)15-35-16-10-12-17(13-11-16)38-22-8-4-2-6-18(22)19-7-3-5-9-23(19)38;1-16-11-19(36-23-9-5-3-7-20(23)21-8-4-6-10-24(21)36)12-17(2)27(16)33-15-26(30)34-28-18-13-22-25(14-18)37(31,32)35-29(22)28;1-15-11-17(36-21-9-5-3-7-18(21)19-8-4-6-10-22(19)36)12-16(2)25(15)32-14-24(29)34-26-20-13-23-27(33-20)28(26)35-37(23,30)31/h3-12,21-23H,13-18H2,1-2H3;2-13,20-21,25-28H,14-15H2,1H3;3-12,18,22,25,28-29H,13-15H2,1-2H3;3-12,20,23,26-28H,13-14H2,1-2H3/q4*+1. The van der Waals surface area contributed by atoms with Crippen LogP contribution in [0.4, 0.5) is 0 Å². The molecule has 0 radical (unpaired) electrons. The van der Waals surface area contributed by atoms with Crippen molar-refractivity contribution in [3.05, 3.63) is 288 Å². The minimum Gasteiger partial charge on any atom is -0.482 e. The molecule has 8 saturated carbocycles. The summed E-state index contributed by atoms with van der Waals surface area (Å²) in [6.45, 7) is 11.2. The van der Waals surface area contributed by atoms with Crippen molar-refractivity contribution >= 4 is 184 Å². The molecule has 29 rings (SSSR count). The minimum absolute atomic E-state index is 0.0436. The molecule has 24 nitrogen and oxygen atoms in total. The quantitative estimate of drug-likeness (QED) is 0.0279. The van der Waals surface area contributed by atoms with Gasteiger partial charge in [-0.3, -0.25) is 22.7 Å². The minimum atomic E-state index is -3.66. The number of carbonyl (C=O) groups excluding carboxylic acids is 7. The Balaban J connectivity index is 0.000000103. The Hall–Kier alpha value is -13.0. The summed E-state index contributed by atoms with van der Waals surface area (Å²) in [5, 5.41) is 9.18. The molecule has 0 amide bonds. The van der Waals surface area contributed by atoms with Crippen LogP contribution in [0.5, 0.6) is 23.0 Å². The highest BCUT2D eigenvalue weighted by molar-refractivity contribution is 7.88. The maximum absolute atomic E-state index is 12.9. The third kappa shape index (κ3) is 16.8. The average Bonchev–Trinajstić information content (AvgIpc) is 1.60. The number of rotatable bonds is 21. The second kappa shape index (κ2) is 37.9. The second-order valence-corrected chi connectivity index (χ2v) is 53.2. The highest BCUT2D eigenvalue weighted by Gasteiger charge is 2.71. The average molecular weight is 2110 g/mol. The SMILES string of the molecule is COC(=O)C1C2CC3C(OC(=O)C31)C2OC(=O)COc1ccc(-[s+]2c3ccccc3c3ccccc32)cc1.Cc1cc(-[s+]2c3ccccc3c3ccccc32)cc(C)c1OCC(=O)OC12CC3CC(C1)C(=O)C(C3)C2.Cc1cc(-[s+]2c3ccccc3c3ccccc32)cc(C)c1OCC(=O)OC1C2CC3C(O2)C1OS3(=O)=O.Cc1cc(-[s+]2c3ccccc3c3ccccc32)cc(C)c1OCC(=O)OC1C2CC3C1OS(=O)(=O)C3C2. The highest BCUT2D eigenvalue weighted by atomic mass is 32.2. The van der Waals surface area contributed by atoms with E-state index in [0.717, 1.165) is 64.8 Å². The van der Waals surface area contributed by atoms with Crippen molar-refractivity contribution in [3.63, 3.8) is 0 Å². The molecule has 12 aromatic carbocycles. The zero-order valence-corrected chi connectivity index (χ0v) is 87.6. The van der Waals surface area contributed by atoms with Crippen molar-refractivity contribution in [2.75, 3.05) is 33.5 Å². The summed E-state index contributed by atoms with van der Waals surface area (Å²) in [5.41, 5.74) is 5.40. The first-order valence-electron chi connectivity index (χ1n) is 50.9. The molecule has 0 spiro atoms. The van der Waals surface area contributed by atoms with Gasteiger partial charge in [-0.15, -0.1) is 0 Å². The number of aryl methyl sites for hydroxylation is 6. The van der Waals surface area contributed by atoms with Crippen LogP contribution in [0.25, 0.3) is 100 Å². The van der Waals surface area contributed by atoms with Crippen molar-refractivity contribution in [3.8, 4) is 42.6 Å². The van der Waals surface area contributed by atoms with E-state index in [9.17, 15) is 50.4 Å². The van der Waals surface area contributed by atoms with Gasteiger partial charge in [-0.05, 0) is 248 Å². The lowest BCUT2D eigenvalue weighted by molar-refractivity contribution is -0.191. The first-order chi connectivity index (χ1) is 72.1. The molecule has 760 valence electrons. The molecule has 10 bridgehead atoms. The molecular formula is C119H108O24S6+4. The Morgan fingerprint density at radius 2 is 0.732 bits per heavy atom. The fourth-order valence-electron chi connectivity index (χ4n) is 27.0. The third-order valence-corrected chi connectivity index (χ3v) is 45.4. The van der Waals surface area contributed by atoms with Gasteiger partial charge in [0.05, 0.1) is 30.3 Å². The molecule has 30 heteroatoms. The second-order valence-electron chi connectivity index (χ2n) is 41.7. The molecule has 149 heavy (non-hydrogen) atoms. The molecular weight excluding hydrogens is 2010 g/mol. The van der Waals surface area contributed by atoms with E-state index in [1.54, 1.807) is 0 Å². The fraction of sp³-hybridized carbons (Fsp3) is 0.336. The molecule has 18 unspecified atom stereocenters. The van der Waals surface area contributed by atoms with Crippen LogP contribution in [0, 0.1) is 94.8 Å². The van der Waals surface area contributed by atoms with Crippen LogP contribution in [0.3, 0.4) is 0 Å². The highest BCUT2D eigenvalue weighted by Crippen LogP contribution is 2.63. The van der Waals surface area contributed by atoms with Crippen LogP contribution in [0.1, 0.15) is 91.2 Å². The predicted octanol–water partition coefficient (Wildman–Crippen LogP) is 23.1. The van der Waals surface area contributed by atoms with Crippen molar-refractivity contribution in [1.29, 1.82) is 0 Å². The zero-order valence-electron chi connectivity index (χ0n) is 82.7. The van der Waals surface area contributed by atoms with Gasteiger partial charge in [0, 0.05) is 169 Å². The van der Waals surface area contributed by atoms with Gasteiger partial charge in [0.15, 0.2) is 89.7 Å². The largest absolute Gasteiger partial charge is 0.482 e. The van der Waals surface area contributed by atoms with E-state index in [1.807, 2.05) is 52.0 Å². The van der Waals surface area contributed by atoms with E-state index in [4.69, 9.17) is 60.5 Å². The lowest BCUT2D eigenvalue weighted by Gasteiger charge is -2.54. The lowest BCUT2D eigenvalue weighted by atomic mass is 9.53. The monoisotopic (exact) mass is 2110 g/mol. The molecule has 4 aromatic heterocycles. The van der Waals surface area contributed by atoms with Crippen LogP contribution in [-0.2, 0) is 95.3 Å². The van der Waals surface area contributed by atoms with Gasteiger partial charge in [0.25, 0.3) is 20.2 Å². The van der Waals surface area contributed by atoms with Crippen LogP contribution < -0.4 is 18.9 Å². The number of fused-ring (bicyclic) bond motifs is 15. The topological polar surface area (TPSA) is 308 Å². The van der Waals surface area contributed by atoms with E-state index in [1.165, 1.54) is 107 Å². The maximum Gasteiger partial charge on any atom is 0.344 e. The first kappa shape index (κ1) is 96.8. The number of carbonyl (C=O) groups is 7. The molecule has 5 saturated heterocycles. The summed E-state index contributed by atoms with van der Waals surface area (Å²) < 4.78 is 132. The van der Waals surface area contributed by atoms with Crippen LogP contribution in [0.15, 0.2) is 255 Å². The number of hydrogen-bond donors (Lipinski definition) is 0. The number of Topliss-reactive ketones (excluding diaryl/α,β-unsaturated/α-hetero) is 1. The van der Waals surface area contributed by atoms with E-state index >= 15 is 0 Å². The molecule has 18 atom stereocenters. The normalized spacial score (nSPS) is 26.9. The molecule has 13 fully saturated rings. The van der Waals surface area contributed by atoms with Gasteiger partial charge in [0.2, 0.25) is 0 Å². The number of thiophene rings is 4. The van der Waals surface area contributed by atoms with Gasteiger partial charge in [0.1, 0.15) is 76.3 Å². The van der Waals surface area contributed by atoms with Crippen LogP contribution in [0.2, 0.25) is 0 Å². The van der Waals surface area contributed by atoms with Crippen LogP contribution in [-0.4, -0.2) is 157 Å². The molecule has 9 heterocycles. The van der Waals surface area contributed by atoms with Gasteiger partial charge in [-0.2, -0.15) is 16.8 Å². The summed E-state index contributed by atoms with van der Waals surface area (Å²) in [4.78, 5) is 93.0. The summed E-state index contributed by atoms with van der Waals surface area (Å²) in [5.74, 6) is -0.613. The van der Waals surface area contributed by atoms with E-state index in [0.29, 0.717) is 54.6 Å². The Kier molecular flexibility index (Phi) is 24.6. The van der Waals surface area contributed by atoms with Gasteiger partial charge >= 0.3 is 35.8 Å². The number of methoxy groups -OCH3 is 1. The number of benzene rings is 12. The predicted molar refractivity (Wildman–Crippen MR) is 574 cm³/mol. The maximum atomic E-state index is 12.9. The van der Waals surface area contributed by atoms with Crippen molar-refractivity contribution in [1.82, 2.24) is 0 Å². The summed E-state index contributed by atoms with van der Waals surface area (Å²) in [7, 11) is -6.69. The molecule has 0 N–H and O–H groups in total. The number of ether oxygens (including phenoxy) is 11. The summed E-state index contributed by atoms with van der Waals surface area (Å²) >= 11 is 0. The summed E-state index contributed by atoms with van der Waals surface area (Å²) in [6, 6.07) is 89.4. The Labute approximate surface area is 870 Å². The smallest absolute Gasteiger partial charge is 0.344 e. The van der Waals surface area contributed by atoms with E-state index in [-0.39, 0.29) is 116 Å². The van der Waals surface area contributed by atoms with Gasteiger partial charge in [-0.25, -0.2) is 19.2 Å². The zero-order chi connectivity index (χ0) is 102. The lowest BCUT2D eigenvalue weighted by Crippen LogP contribution is -2.57. The van der Waals surface area contributed by atoms with Crippen molar-refractivity contribution in [2.24, 2.45) is 53.3 Å². The Morgan fingerprint density at radius 1 is 0.362 bits per heavy atom.